The number of ether oxygens (including phenoxy) is 2. The van der Waals surface area contributed by atoms with Gasteiger partial charge in [0.2, 0.25) is 0 Å². The lowest BCUT2D eigenvalue weighted by atomic mass is 10.1. The van der Waals surface area contributed by atoms with Crippen LogP contribution in [0.3, 0.4) is 0 Å². The minimum Gasteiger partial charge on any atom is -0.444 e. The zero-order valence-corrected chi connectivity index (χ0v) is 16.6. The molecule has 2 aliphatic heterocycles. The summed E-state index contributed by atoms with van der Waals surface area (Å²) in [4.78, 5) is 14.1. The second-order valence-corrected chi connectivity index (χ2v) is 10.5. The molecule has 2 heterocycles. The van der Waals surface area contributed by atoms with Crippen molar-refractivity contribution in [2.24, 2.45) is 0 Å². The van der Waals surface area contributed by atoms with E-state index in [1.165, 1.54) is 0 Å². The maximum Gasteiger partial charge on any atom is 0.410 e. The van der Waals surface area contributed by atoms with Gasteiger partial charge in [0, 0.05) is 19.1 Å². The van der Waals surface area contributed by atoms with Crippen molar-refractivity contribution in [2.45, 2.75) is 69.9 Å². The molecular formula is C17H32N2O5S. The van der Waals surface area contributed by atoms with E-state index in [0.29, 0.717) is 38.5 Å². The molecule has 0 aromatic carbocycles. The first-order valence-corrected chi connectivity index (χ1v) is 10.8. The number of sulfone groups is 1. The van der Waals surface area contributed by atoms with Crippen LogP contribution in [-0.2, 0) is 19.3 Å². The van der Waals surface area contributed by atoms with Crippen LogP contribution < -0.4 is 5.32 Å². The lowest BCUT2D eigenvalue weighted by Gasteiger charge is -2.37. The van der Waals surface area contributed by atoms with Crippen molar-refractivity contribution < 1.29 is 22.7 Å². The Balaban J connectivity index is 1.86. The second-order valence-electron chi connectivity index (χ2n) is 8.08. The maximum absolute atomic E-state index is 12.4. The maximum atomic E-state index is 12.4. The number of hydrogen-bond donors (Lipinski definition) is 1. The van der Waals surface area contributed by atoms with Crippen molar-refractivity contribution in [3.63, 3.8) is 0 Å². The first-order chi connectivity index (χ1) is 11.6. The third-order valence-corrected chi connectivity index (χ3v) is 6.91. The van der Waals surface area contributed by atoms with Gasteiger partial charge in [-0.3, -0.25) is 0 Å². The van der Waals surface area contributed by atoms with Gasteiger partial charge < -0.3 is 19.7 Å². The summed E-state index contributed by atoms with van der Waals surface area (Å²) in [6.45, 7) is 9.56. The standard InChI is InChI=1S/C17H32N2O5S/c1-13(18-11-15-6-5-9-25(15,21)22)10-14-12-23-8-7-19(14)16(20)24-17(2,3)4/h13-15,18H,5-12H2,1-4H3. The molecule has 0 aromatic heterocycles. The monoisotopic (exact) mass is 376 g/mol. The average molecular weight is 377 g/mol. The molecule has 2 fully saturated rings. The Labute approximate surface area is 151 Å². The van der Waals surface area contributed by atoms with Gasteiger partial charge in [0.15, 0.2) is 9.84 Å². The topological polar surface area (TPSA) is 84.9 Å². The number of hydrogen-bond acceptors (Lipinski definition) is 6. The van der Waals surface area contributed by atoms with Crippen LogP contribution in [0.2, 0.25) is 0 Å². The lowest BCUT2D eigenvalue weighted by Crippen LogP contribution is -2.52. The summed E-state index contributed by atoms with van der Waals surface area (Å²) in [6, 6.07) is 0.0266. The largest absolute Gasteiger partial charge is 0.444 e. The highest BCUT2D eigenvalue weighted by Gasteiger charge is 2.33. The van der Waals surface area contributed by atoms with Gasteiger partial charge in [-0.2, -0.15) is 0 Å². The van der Waals surface area contributed by atoms with E-state index in [1.807, 2.05) is 27.7 Å². The van der Waals surface area contributed by atoms with Crippen LogP contribution in [0.5, 0.6) is 0 Å². The first-order valence-electron chi connectivity index (χ1n) is 9.11. The van der Waals surface area contributed by atoms with Crippen molar-refractivity contribution in [1.82, 2.24) is 10.2 Å². The van der Waals surface area contributed by atoms with Crippen molar-refractivity contribution in [3.8, 4) is 0 Å². The highest BCUT2D eigenvalue weighted by atomic mass is 32.2. The molecule has 0 bridgehead atoms. The SMILES string of the molecule is CC(CC1COCCN1C(=O)OC(C)(C)C)NCC1CCCS1(=O)=O. The van der Waals surface area contributed by atoms with E-state index in [1.54, 1.807) is 4.90 Å². The molecule has 0 spiro atoms. The fourth-order valence-corrected chi connectivity index (χ4v) is 5.10. The summed E-state index contributed by atoms with van der Waals surface area (Å²) in [5.74, 6) is 0.302. The number of rotatable bonds is 5. The molecule has 3 atom stereocenters. The summed E-state index contributed by atoms with van der Waals surface area (Å²) in [5, 5.41) is 3.04. The van der Waals surface area contributed by atoms with E-state index in [4.69, 9.17) is 9.47 Å². The summed E-state index contributed by atoms with van der Waals surface area (Å²) in [6.07, 6.45) is 1.88. The van der Waals surface area contributed by atoms with Crippen molar-refractivity contribution in [3.05, 3.63) is 0 Å². The summed E-state index contributed by atoms with van der Waals surface area (Å²) >= 11 is 0. The molecule has 0 radical (unpaired) electrons. The van der Waals surface area contributed by atoms with Crippen molar-refractivity contribution in [2.75, 3.05) is 32.1 Å². The summed E-state index contributed by atoms with van der Waals surface area (Å²) < 4.78 is 34.8. The quantitative estimate of drug-likeness (QED) is 0.784. The van der Waals surface area contributed by atoms with E-state index in [2.05, 4.69) is 5.32 Å². The number of morpholine rings is 1. The van der Waals surface area contributed by atoms with Crippen molar-refractivity contribution >= 4 is 15.9 Å². The van der Waals surface area contributed by atoms with E-state index < -0.39 is 15.4 Å². The lowest BCUT2D eigenvalue weighted by molar-refractivity contribution is -0.0355. The number of nitrogens with zero attached hydrogens (tertiary/aromatic N) is 1. The molecule has 3 unspecified atom stereocenters. The Kier molecular flexibility index (Phi) is 6.73. The van der Waals surface area contributed by atoms with Gasteiger partial charge in [0.05, 0.1) is 30.3 Å². The molecule has 1 amide bonds. The minimum absolute atomic E-state index is 0.0636. The van der Waals surface area contributed by atoms with E-state index in [0.717, 1.165) is 12.8 Å². The molecule has 7 nitrogen and oxygen atoms in total. The Bertz CT molecular complexity index is 558. The normalized spacial score (nSPS) is 27.9. The molecule has 2 saturated heterocycles. The third kappa shape index (κ3) is 6.11. The Morgan fingerprint density at radius 3 is 2.72 bits per heavy atom. The zero-order valence-electron chi connectivity index (χ0n) is 15.8. The smallest absolute Gasteiger partial charge is 0.410 e. The zero-order chi connectivity index (χ0) is 18.7. The third-order valence-electron chi connectivity index (χ3n) is 4.64. The molecule has 2 rings (SSSR count). The van der Waals surface area contributed by atoms with E-state index >= 15 is 0 Å². The summed E-state index contributed by atoms with van der Waals surface area (Å²) in [5.41, 5.74) is -0.527. The fourth-order valence-electron chi connectivity index (χ4n) is 3.32. The molecule has 25 heavy (non-hydrogen) atoms. The van der Waals surface area contributed by atoms with Crippen LogP contribution in [0.1, 0.15) is 47.0 Å². The number of amides is 1. The van der Waals surface area contributed by atoms with Crippen LogP contribution in [0.25, 0.3) is 0 Å². The Morgan fingerprint density at radius 2 is 2.12 bits per heavy atom. The van der Waals surface area contributed by atoms with E-state index in [9.17, 15) is 13.2 Å². The molecule has 8 heteroatoms. The number of nitrogens with one attached hydrogen (secondary N) is 1. The molecule has 0 aromatic rings. The predicted molar refractivity (Wildman–Crippen MR) is 96.4 cm³/mol. The molecule has 0 saturated carbocycles. The number of carbonyl (C=O) groups is 1. The van der Waals surface area contributed by atoms with E-state index in [-0.39, 0.29) is 23.4 Å². The molecular weight excluding hydrogens is 344 g/mol. The van der Waals surface area contributed by atoms with Gasteiger partial charge in [0.25, 0.3) is 0 Å². The minimum atomic E-state index is -2.93. The fraction of sp³-hybridized carbons (Fsp3) is 0.941. The second kappa shape index (κ2) is 8.22. The van der Waals surface area contributed by atoms with Gasteiger partial charge in [-0.05, 0) is 47.0 Å². The van der Waals surface area contributed by atoms with Gasteiger partial charge in [-0.1, -0.05) is 0 Å². The molecule has 2 aliphatic rings. The predicted octanol–water partition coefficient (Wildman–Crippen LogP) is 1.57. The first kappa shape index (κ1) is 20.5. The van der Waals surface area contributed by atoms with Gasteiger partial charge >= 0.3 is 6.09 Å². The molecule has 0 aliphatic carbocycles. The Hall–Kier alpha value is -0.860. The summed E-state index contributed by atoms with van der Waals surface area (Å²) in [7, 11) is -2.93. The van der Waals surface area contributed by atoms with Crippen molar-refractivity contribution in [1.29, 1.82) is 0 Å². The van der Waals surface area contributed by atoms with Crippen LogP contribution in [0, 0.1) is 0 Å². The van der Waals surface area contributed by atoms with Gasteiger partial charge in [-0.25, -0.2) is 13.2 Å². The van der Waals surface area contributed by atoms with Gasteiger partial charge in [0.1, 0.15) is 5.60 Å². The van der Waals surface area contributed by atoms with Crippen LogP contribution in [-0.4, -0.2) is 74.4 Å². The Morgan fingerprint density at radius 1 is 1.40 bits per heavy atom. The van der Waals surface area contributed by atoms with Crippen LogP contribution in [0.4, 0.5) is 4.79 Å². The van der Waals surface area contributed by atoms with Gasteiger partial charge in [-0.15, -0.1) is 0 Å². The highest BCUT2D eigenvalue weighted by Crippen LogP contribution is 2.20. The number of carbonyl (C=O) groups excluding carboxylic acids is 1. The molecule has 1 N–H and O–H groups in total. The van der Waals surface area contributed by atoms with Crippen LogP contribution in [0.15, 0.2) is 0 Å². The van der Waals surface area contributed by atoms with Crippen LogP contribution >= 0.6 is 0 Å². The highest BCUT2D eigenvalue weighted by molar-refractivity contribution is 7.92. The average Bonchev–Trinajstić information content (AvgIpc) is 2.82. The molecule has 146 valence electrons.